The highest BCUT2D eigenvalue weighted by Gasteiger charge is 2.30. The van der Waals surface area contributed by atoms with Crippen molar-refractivity contribution in [3.63, 3.8) is 0 Å². The van der Waals surface area contributed by atoms with Crippen LogP contribution in [0.2, 0.25) is 0 Å². The van der Waals surface area contributed by atoms with E-state index in [0.717, 1.165) is 27.1 Å². The van der Waals surface area contributed by atoms with E-state index in [4.69, 9.17) is 4.42 Å². The van der Waals surface area contributed by atoms with Gasteiger partial charge in [0.15, 0.2) is 0 Å². The predicted octanol–water partition coefficient (Wildman–Crippen LogP) is 6.11. The third-order valence-electron chi connectivity index (χ3n) is 3.63. The third-order valence-corrected chi connectivity index (χ3v) is 4.26. The van der Waals surface area contributed by atoms with Gasteiger partial charge >= 0.3 is 6.18 Å². The number of fused-ring (bicyclic) bond motifs is 1. The maximum Gasteiger partial charge on any atom is 0.416 e. The second-order valence-corrected chi connectivity index (χ2v) is 6.00. The quantitative estimate of drug-likeness (QED) is 0.531. The zero-order valence-electron chi connectivity index (χ0n) is 11.7. The number of rotatable bonds is 2. The van der Waals surface area contributed by atoms with Gasteiger partial charge in [0.1, 0.15) is 11.3 Å². The summed E-state index contributed by atoms with van der Waals surface area (Å²) >= 11 is 3.42. The molecule has 0 amide bonds. The summed E-state index contributed by atoms with van der Waals surface area (Å²) in [4.78, 5) is 0. The smallest absolute Gasteiger partial charge is 0.416 e. The Morgan fingerprint density at radius 2 is 1.82 bits per heavy atom. The van der Waals surface area contributed by atoms with Crippen LogP contribution in [0.3, 0.4) is 0 Å². The van der Waals surface area contributed by atoms with E-state index in [1.54, 1.807) is 6.07 Å². The van der Waals surface area contributed by atoms with Crippen LogP contribution in [0.1, 0.15) is 22.5 Å². The van der Waals surface area contributed by atoms with Gasteiger partial charge in [0.2, 0.25) is 0 Å². The van der Waals surface area contributed by atoms with Gasteiger partial charge < -0.3 is 4.42 Å². The molecule has 0 fully saturated rings. The minimum absolute atomic E-state index is 0.330. The average Bonchev–Trinajstić information content (AvgIpc) is 2.77. The maximum atomic E-state index is 12.8. The standard InChI is InChI=1S/C17H12BrF3O/c1-10-13-6-3-7-14(18)16(13)22-15(10)9-11-4-2-5-12(8-11)17(19,20)21/h2-8H,9H2,1H3. The molecule has 1 aromatic heterocycles. The van der Waals surface area contributed by atoms with Crippen LogP contribution in [0.5, 0.6) is 0 Å². The largest absolute Gasteiger partial charge is 0.459 e. The Bertz CT molecular complexity index is 834. The van der Waals surface area contributed by atoms with E-state index in [0.29, 0.717) is 17.7 Å². The molecule has 0 aliphatic carbocycles. The first kappa shape index (κ1) is 15.2. The zero-order valence-corrected chi connectivity index (χ0v) is 13.3. The van der Waals surface area contributed by atoms with Crippen LogP contribution in [0.4, 0.5) is 13.2 Å². The van der Waals surface area contributed by atoms with Crippen molar-refractivity contribution in [2.75, 3.05) is 0 Å². The van der Waals surface area contributed by atoms with E-state index in [-0.39, 0.29) is 0 Å². The number of alkyl halides is 3. The van der Waals surface area contributed by atoms with Gasteiger partial charge in [0.05, 0.1) is 10.0 Å². The summed E-state index contributed by atoms with van der Waals surface area (Å²) in [5.74, 6) is 0.682. The molecular weight excluding hydrogens is 357 g/mol. The predicted molar refractivity (Wildman–Crippen MR) is 82.9 cm³/mol. The number of benzene rings is 2. The highest BCUT2D eigenvalue weighted by atomic mass is 79.9. The SMILES string of the molecule is Cc1c(Cc2cccc(C(F)(F)F)c2)oc2c(Br)cccc12. The highest BCUT2D eigenvalue weighted by molar-refractivity contribution is 9.10. The molecular formula is C17H12BrF3O. The van der Waals surface area contributed by atoms with Gasteiger partial charge in [-0.1, -0.05) is 30.3 Å². The van der Waals surface area contributed by atoms with Crippen molar-refractivity contribution in [2.24, 2.45) is 0 Å². The van der Waals surface area contributed by atoms with Crippen LogP contribution in [0.25, 0.3) is 11.0 Å². The summed E-state index contributed by atoms with van der Waals surface area (Å²) in [6.45, 7) is 1.92. The van der Waals surface area contributed by atoms with E-state index in [2.05, 4.69) is 15.9 Å². The summed E-state index contributed by atoms with van der Waals surface area (Å²) in [5, 5.41) is 0.969. The summed E-state index contributed by atoms with van der Waals surface area (Å²) in [6.07, 6.45) is -4.00. The first-order valence-corrected chi connectivity index (χ1v) is 7.48. The lowest BCUT2D eigenvalue weighted by molar-refractivity contribution is -0.137. The fourth-order valence-corrected chi connectivity index (χ4v) is 2.92. The van der Waals surface area contributed by atoms with Gasteiger partial charge in [-0.3, -0.25) is 0 Å². The fraction of sp³-hybridized carbons (Fsp3) is 0.176. The second kappa shape index (κ2) is 5.47. The molecule has 1 heterocycles. The Morgan fingerprint density at radius 1 is 1.09 bits per heavy atom. The molecule has 22 heavy (non-hydrogen) atoms. The number of hydrogen-bond donors (Lipinski definition) is 0. The number of aryl methyl sites for hydroxylation is 1. The molecule has 3 rings (SSSR count). The molecule has 114 valence electrons. The third kappa shape index (κ3) is 2.77. The van der Waals surface area contributed by atoms with Crippen LogP contribution in [-0.2, 0) is 12.6 Å². The van der Waals surface area contributed by atoms with E-state index in [9.17, 15) is 13.2 Å². The minimum atomic E-state index is -4.33. The van der Waals surface area contributed by atoms with Crippen LogP contribution in [0, 0.1) is 6.92 Å². The molecule has 0 aliphatic heterocycles. The average molecular weight is 369 g/mol. The number of furan rings is 1. The van der Waals surface area contributed by atoms with Crippen molar-refractivity contribution in [3.8, 4) is 0 Å². The number of halogens is 4. The lowest BCUT2D eigenvalue weighted by Crippen LogP contribution is -2.05. The van der Waals surface area contributed by atoms with E-state index in [1.807, 2.05) is 25.1 Å². The molecule has 0 N–H and O–H groups in total. The summed E-state index contributed by atoms with van der Waals surface area (Å²) in [7, 11) is 0. The van der Waals surface area contributed by atoms with Crippen molar-refractivity contribution < 1.29 is 17.6 Å². The molecule has 0 unspecified atom stereocenters. The number of hydrogen-bond acceptors (Lipinski definition) is 1. The van der Waals surface area contributed by atoms with Crippen LogP contribution < -0.4 is 0 Å². The molecule has 5 heteroatoms. The van der Waals surface area contributed by atoms with Gasteiger partial charge in [-0.15, -0.1) is 0 Å². The van der Waals surface area contributed by atoms with Crippen molar-refractivity contribution in [2.45, 2.75) is 19.5 Å². The summed E-state index contributed by atoms with van der Waals surface area (Å²) < 4.78 is 45.0. The Morgan fingerprint density at radius 3 is 2.50 bits per heavy atom. The maximum absolute atomic E-state index is 12.8. The van der Waals surface area contributed by atoms with E-state index in [1.165, 1.54) is 12.1 Å². The molecule has 0 bridgehead atoms. The Balaban J connectivity index is 2.00. The highest BCUT2D eigenvalue weighted by Crippen LogP contribution is 2.33. The van der Waals surface area contributed by atoms with Crippen molar-refractivity contribution in [3.05, 3.63) is 69.4 Å². The van der Waals surface area contributed by atoms with Gasteiger partial charge in [-0.05, 0) is 46.1 Å². The summed E-state index contributed by atoms with van der Waals surface area (Å²) in [6, 6.07) is 11.1. The Labute approximate surface area is 133 Å². The number of para-hydroxylation sites is 1. The van der Waals surface area contributed by atoms with Crippen molar-refractivity contribution in [1.82, 2.24) is 0 Å². The molecule has 0 saturated heterocycles. The monoisotopic (exact) mass is 368 g/mol. The lowest BCUT2D eigenvalue weighted by atomic mass is 10.0. The molecule has 0 atom stereocenters. The molecule has 0 saturated carbocycles. The first-order valence-electron chi connectivity index (χ1n) is 6.69. The van der Waals surface area contributed by atoms with Gasteiger partial charge in [-0.25, -0.2) is 0 Å². The van der Waals surface area contributed by atoms with Crippen LogP contribution in [-0.4, -0.2) is 0 Å². The second-order valence-electron chi connectivity index (χ2n) is 5.14. The van der Waals surface area contributed by atoms with Gasteiger partial charge in [0.25, 0.3) is 0 Å². The molecule has 1 nitrogen and oxygen atoms in total. The van der Waals surface area contributed by atoms with Crippen molar-refractivity contribution >= 4 is 26.9 Å². The fourth-order valence-electron chi connectivity index (χ4n) is 2.47. The van der Waals surface area contributed by atoms with Crippen LogP contribution in [0.15, 0.2) is 51.4 Å². The Hall–Kier alpha value is -1.75. The first-order chi connectivity index (χ1) is 10.4. The van der Waals surface area contributed by atoms with Gasteiger partial charge in [-0.2, -0.15) is 13.2 Å². The molecule has 3 aromatic rings. The lowest BCUT2D eigenvalue weighted by Gasteiger charge is -2.08. The van der Waals surface area contributed by atoms with E-state index >= 15 is 0 Å². The molecule has 0 aliphatic rings. The van der Waals surface area contributed by atoms with Gasteiger partial charge in [0, 0.05) is 11.8 Å². The normalized spacial score (nSPS) is 12.0. The van der Waals surface area contributed by atoms with Crippen LogP contribution >= 0.6 is 15.9 Å². The summed E-state index contributed by atoms with van der Waals surface area (Å²) in [5.41, 5.74) is 1.61. The Kier molecular flexibility index (Phi) is 3.77. The zero-order chi connectivity index (χ0) is 15.9. The van der Waals surface area contributed by atoms with Crippen molar-refractivity contribution in [1.29, 1.82) is 0 Å². The topological polar surface area (TPSA) is 13.1 Å². The molecule has 0 spiro atoms. The minimum Gasteiger partial charge on any atom is -0.459 e. The molecule has 0 radical (unpaired) electrons. The van der Waals surface area contributed by atoms with E-state index < -0.39 is 11.7 Å². The molecule has 2 aromatic carbocycles.